The summed E-state index contributed by atoms with van der Waals surface area (Å²) in [6, 6.07) is 13.2. The lowest BCUT2D eigenvalue weighted by Crippen LogP contribution is -2.27. The van der Waals surface area contributed by atoms with Crippen LogP contribution >= 0.6 is 11.6 Å². The van der Waals surface area contributed by atoms with Crippen molar-refractivity contribution < 1.29 is 18.7 Å². The first-order valence-electron chi connectivity index (χ1n) is 9.48. The molecule has 0 amide bonds. The van der Waals surface area contributed by atoms with Crippen molar-refractivity contribution in [1.82, 2.24) is 0 Å². The molecule has 2 aliphatic rings. The van der Waals surface area contributed by atoms with Gasteiger partial charge in [-0.2, -0.15) is 5.26 Å². The Kier molecular flexibility index (Phi) is 5.47. The molecule has 1 aliphatic heterocycles. The molecule has 5 nitrogen and oxygen atoms in total. The second-order valence-corrected chi connectivity index (χ2v) is 7.55. The number of benzene rings is 2. The molecule has 0 radical (unpaired) electrons. The first-order valence-corrected chi connectivity index (χ1v) is 9.86. The number of nitrogens with zero attached hydrogens (tertiary/aromatic N) is 1. The van der Waals surface area contributed by atoms with Crippen molar-refractivity contribution >= 4 is 17.4 Å². The third-order valence-corrected chi connectivity index (χ3v) is 5.50. The summed E-state index contributed by atoms with van der Waals surface area (Å²) < 4.78 is 24.4. The molecule has 0 aromatic heterocycles. The number of ketones is 1. The van der Waals surface area contributed by atoms with Gasteiger partial charge in [0.2, 0.25) is 5.88 Å². The number of carbonyl (C=O) groups is 1. The number of rotatable bonds is 4. The SMILES string of the molecule is N#CC1=C(N)OC2=C(C(=O)CCC2)[C@H]1c1ccc(OCc2ccc(F)cc2)c(Cl)c1. The summed E-state index contributed by atoms with van der Waals surface area (Å²) >= 11 is 6.43. The molecular weight excluding hydrogens is 407 g/mol. The molecule has 152 valence electrons. The van der Waals surface area contributed by atoms with E-state index in [0.29, 0.717) is 46.9 Å². The Bertz CT molecular complexity index is 1120. The second kappa shape index (κ2) is 8.21. The van der Waals surface area contributed by atoms with Crippen molar-refractivity contribution in [3.8, 4) is 11.8 Å². The van der Waals surface area contributed by atoms with Crippen LogP contribution in [0.25, 0.3) is 0 Å². The van der Waals surface area contributed by atoms with Gasteiger partial charge in [0.15, 0.2) is 5.78 Å². The number of hydrogen-bond donors (Lipinski definition) is 1. The zero-order chi connectivity index (χ0) is 21.3. The van der Waals surface area contributed by atoms with Crippen LogP contribution < -0.4 is 10.5 Å². The molecule has 0 unspecified atom stereocenters. The standard InChI is InChI=1S/C23H18ClFN2O3/c24-17-10-14(6-9-19(17)29-12-13-4-7-15(25)8-5-13)21-16(11-26)23(27)30-20-3-1-2-18(28)22(20)21/h4-10,21H,1-3,12,27H2/t21-/m0/s1. The van der Waals surface area contributed by atoms with Gasteiger partial charge in [0.05, 0.1) is 10.9 Å². The molecule has 0 saturated carbocycles. The van der Waals surface area contributed by atoms with Gasteiger partial charge in [0.1, 0.15) is 35.6 Å². The highest BCUT2D eigenvalue weighted by Crippen LogP contribution is 2.44. The van der Waals surface area contributed by atoms with Crippen LogP contribution in [0.15, 0.2) is 65.3 Å². The number of hydrogen-bond acceptors (Lipinski definition) is 5. The maximum atomic E-state index is 13.0. The minimum atomic E-state index is -0.616. The van der Waals surface area contributed by atoms with Crippen molar-refractivity contribution in [2.24, 2.45) is 5.73 Å². The highest BCUT2D eigenvalue weighted by atomic mass is 35.5. The molecule has 1 heterocycles. The van der Waals surface area contributed by atoms with Crippen molar-refractivity contribution in [3.05, 3.63) is 87.2 Å². The van der Waals surface area contributed by atoms with Crippen LogP contribution in [0.2, 0.25) is 5.02 Å². The van der Waals surface area contributed by atoms with Crippen molar-refractivity contribution in [3.63, 3.8) is 0 Å². The van der Waals surface area contributed by atoms with Gasteiger partial charge in [0.25, 0.3) is 0 Å². The number of ether oxygens (including phenoxy) is 2. The molecule has 0 saturated heterocycles. The average molecular weight is 425 g/mol. The smallest absolute Gasteiger partial charge is 0.205 e. The first-order chi connectivity index (χ1) is 14.5. The van der Waals surface area contributed by atoms with Gasteiger partial charge in [-0.1, -0.05) is 29.8 Å². The second-order valence-electron chi connectivity index (χ2n) is 7.14. The van der Waals surface area contributed by atoms with Gasteiger partial charge in [-0.05, 0) is 41.8 Å². The Morgan fingerprint density at radius 3 is 2.70 bits per heavy atom. The van der Waals surface area contributed by atoms with E-state index in [4.69, 9.17) is 26.8 Å². The van der Waals surface area contributed by atoms with Crippen LogP contribution in [0.3, 0.4) is 0 Å². The summed E-state index contributed by atoms with van der Waals surface area (Å²) in [5.74, 6) is 0.00858. The van der Waals surface area contributed by atoms with E-state index in [1.165, 1.54) is 12.1 Å². The van der Waals surface area contributed by atoms with Crippen molar-refractivity contribution in [2.45, 2.75) is 31.8 Å². The number of allylic oxidation sites excluding steroid dienone is 3. The molecule has 30 heavy (non-hydrogen) atoms. The molecule has 0 spiro atoms. The normalized spacial score (nSPS) is 18.6. The third-order valence-electron chi connectivity index (χ3n) is 5.20. The van der Waals surface area contributed by atoms with Gasteiger partial charge in [0, 0.05) is 18.4 Å². The Morgan fingerprint density at radius 1 is 1.23 bits per heavy atom. The molecule has 1 aliphatic carbocycles. The van der Waals surface area contributed by atoms with Crippen LogP contribution in [0.5, 0.6) is 5.75 Å². The van der Waals surface area contributed by atoms with E-state index in [9.17, 15) is 14.4 Å². The van der Waals surface area contributed by atoms with E-state index in [-0.39, 0.29) is 29.7 Å². The van der Waals surface area contributed by atoms with E-state index in [1.807, 2.05) is 0 Å². The predicted octanol–water partition coefficient (Wildman–Crippen LogP) is 4.87. The molecule has 1 atom stereocenters. The lowest BCUT2D eigenvalue weighted by Gasteiger charge is -2.31. The lowest BCUT2D eigenvalue weighted by molar-refractivity contribution is -0.116. The highest BCUT2D eigenvalue weighted by molar-refractivity contribution is 6.32. The third kappa shape index (κ3) is 3.77. The maximum absolute atomic E-state index is 13.0. The largest absolute Gasteiger partial charge is 0.487 e. The topological polar surface area (TPSA) is 85.3 Å². The van der Waals surface area contributed by atoms with E-state index >= 15 is 0 Å². The van der Waals surface area contributed by atoms with Crippen LogP contribution in [0.4, 0.5) is 4.39 Å². The van der Waals surface area contributed by atoms with Gasteiger partial charge < -0.3 is 15.2 Å². The number of nitrogens with two attached hydrogens (primary N) is 1. The molecule has 4 rings (SSSR count). The lowest BCUT2D eigenvalue weighted by atomic mass is 9.77. The summed E-state index contributed by atoms with van der Waals surface area (Å²) in [7, 11) is 0. The van der Waals surface area contributed by atoms with Gasteiger partial charge in [-0.3, -0.25) is 4.79 Å². The van der Waals surface area contributed by atoms with Gasteiger partial charge in [-0.25, -0.2) is 4.39 Å². The molecule has 0 fully saturated rings. The van der Waals surface area contributed by atoms with Crippen LogP contribution in [-0.2, 0) is 16.1 Å². The minimum Gasteiger partial charge on any atom is -0.487 e. The number of nitriles is 1. The fraction of sp³-hybridized carbons (Fsp3) is 0.217. The number of Topliss-reactive ketones (excluding diaryl/α,β-unsaturated/α-hetero) is 1. The fourth-order valence-electron chi connectivity index (χ4n) is 3.75. The van der Waals surface area contributed by atoms with E-state index in [0.717, 1.165) is 5.56 Å². The zero-order valence-corrected chi connectivity index (χ0v) is 16.7. The quantitative estimate of drug-likeness (QED) is 0.756. The van der Waals surface area contributed by atoms with E-state index in [2.05, 4.69) is 6.07 Å². The molecule has 2 N–H and O–H groups in total. The number of halogens is 2. The summed E-state index contributed by atoms with van der Waals surface area (Å²) in [6.45, 7) is 0.223. The van der Waals surface area contributed by atoms with Crippen molar-refractivity contribution in [1.29, 1.82) is 5.26 Å². The molecular formula is C23H18ClFN2O3. The monoisotopic (exact) mass is 424 g/mol. The van der Waals surface area contributed by atoms with E-state index < -0.39 is 5.92 Å². The average Bonchev–Trinajstić information content (AvgIpc) is 2.73. The fourth-order valence-corrected chi connectivity index (χ4v) is 3.99. The summed E-state index contributed by atoms with van der Waals surface area (Å²) in [5, 5.41) is 9.97. The van der Waals surface area contributed by atoms with Crippen LogP contribution in [0, 0.1) is 17.1 Å². The Labute approximate surface area is 178 Å². The molecule has 2 aromatic carbocycles. The zero-order valence-electron chi connectivity index (χ0n) is 16.0. The Balaban J connectivity index is 1.64. The summed E-state index contributed by atoms with van der Waals surface area (Å²) in [6.07, 6.45) is 1.70. The van der Waals surface area contributed by atoms with Crippen LogP contribution in [0.1, 0.15) is 36.3 Å². The first kappa shape index (κ1) is 20.0. The summed E-state index contributed by atoms with van der Waals surface area (Å²) in [5.41, 5.74) is 8.10. The Morgan fingerprint density at radius 2 is 2.00 bits per heavy atom. The van der Waals surface area contributed by atoms with Gasteiger partial charge >= 0.3 is 0 Å². The Hall–Kier alpha value is -3.30. The minimum absolute atomic E-state index is 0.0173. The van der Waals surface area contributed by atoms with Crippen molar-refractivity contribution in [2.75, 3.05) is 0 Å². The van der Waals surface area contributed by atoms with Gasteiger partial charge in [-0.15, -0.1) is 0 Å². The molecule has 2 aromatic rings. The van der Waals surface area contributed by atoms with Crippen LogP contribution in [-0.4, -0.2) is 5.78 Å². The predicted molar refractivity (Wildman–Crippen MR) is 109 cm³/mol. The molecule has 7 heteroatoms. The maximum Gasteiger partial charge on any atom is 0.205 e. The van der Waals surface area contributed by atoms with E-state index in [1.54, 1.807) is 30.3 Å². The summed E-state index contributed by atoms with van der Waals surface area (Å²) in [4.78, 5) is 12.6. The highest BCUT2D eigenvalue weighted by Gasteiger charge is 2.38. The molecule has 0 bridgehead atoms. The number of carbonyl (C=O) groups excluding carboxylic acids is 1.